The molecule has 1 fully saturated rings. The van der Waals surface area contributed by atoms with Crippen LogP contribution < -0.4 is 5.32 Å². The summed E-state index contributed by atoms with van der Waals surface area (Å²) < 4.78 is 13.8. The molecule has 1 aromatic heterocycles. The fourth-order valence-electron chi connectivity index (χ4n) is 3.40. The number of amides is 2. The van der Waals surface area contributed by atoms with Crippen molar-refractivity contribution in [1.82, 2.24) is 15.2 Å². The average molecular weight is 404 g/mol. The first-order valence-electron chi connectivity index (χ1n) is 9.79. The molecule has 0 radical (unpaired) electrons. The van der Waals surface area contributed by atoms with Gasteiger partial charge in [0, 0.05) is 43.8 Å². The van der Waals surface area contributed by atoms with E-state index in [-0.39, 0.29) is 30.0 Å². The van der Waals surface area contributed by atoms with Crippen molar-refractivity contribution in [2.75, 3.05) is 19.6 Å². The summed E-state index contributed by atoms with van der Waals surface area (Å²) >= 11 is 1.62. The molecule has 0 saturated carbocycles. The molecule has 0 bridgehead atoms. The highest BCUT2D eigenvalue weighted by Gasteiger charge is 2.27. The molecule has 5 nitrogen and oxygen atoms in total. The monoisotopic (exact) mass is 403 g/mol. The Morgan fingerprint density at radius 2 is 2.18 bits per heavy atom. The van der Waals surface area contributed by atoms with Crippen LogP contribution in [-0.2, 0) is 22.4 Å². The van der Waals surface area contributed by atoms with Gasteiger partial charge in [0.1, 0.15) is 5.82 Å². The van der Waals surface area contributed by atoms with E-state index < -0.39 is 0 Å². The molecule has 1 aliphatic heterocycles. The lowest BCUT2D eigenvalue weighted by atomic mass is 9.98. The van der Waals surface area contributed by atoms with Gasteiger partial charge in [-0.1, -0.05) is 25.1 Å². The van der Waals surface area contributed by atoms with E-state index in [0.29, 0.717) is 38.0 Å². The lowest BCUT2D eigenvalue weighted by molar-refractivity contribution is -0.131. The lowest BCUT2D eigenvalue weighted by Crippen LogP contribution is -2.40. The number of carbonyl (C=O) groups excluding carboxylic acids is 2. The Bertz CT molecular complexity index is 823. The molecular weight excluding hydrogens is 377 g/mol. The number of nitrogens with zero attached hydrogens (tertiary/aromatic N) is 2. The van der Waals surface area contributed by atoms with Crippen molar-refractivity contribution >= 4 is 23.2 Å². The van der Waals surface area contributed by atoms with Crippen LogP contribution in [0.2, 0.25) is 0 Å². The zero-order valence-electron chi connectivity index (χ0n) is 16.1. The first-order chi connectivity index (χ1) is 13.6. The number of likely N-dealkylation sites (tertiary alicyclic amines) is 1. The number of aromatic nitrogens is 1. The Hall–Kier alpha value is -2.28. The number of rotatable bonds is 7. The van der Waals surface area contributed by atoms with Crippen molar-refractivity contribution in [3.05, 3.63) is 51.7 Å². The van der Waals surface area contributed by atoms with Crippen LogP contribution in [0.25, 0.3) is 0 Å². The second-order valence-corrected chi connectivity index (χ2v) is 7.97. The van der Waals surface area contributed by atoms with Crippen molar-refractivity contribution in [3.8, 4) is 0 Å². The summed E-state index contributed by atoms with van der Waals surface area (Å²) in [6.07, 6.45) is 3.23. The number of thiazole rings is 1. The van der Waals surface area contributed by atoms with Gasteiger partial charge >= 0.3 is 0 Å². The number of hydrogen-bond donors (Lipinski definition) is 1. The van der Waals surface area contributed by atoms with Gasteiger partial charge in [-0.3, -0.25) is 9.59 Å². The fraction of sp³-hybridized carbons (Fsp3) is 0.476. The summed E-state index contributed by atoms with van der Waals surface area (Å²) in [5, 5.41) is 5.94. The summed E-state index contributed by atoms with van der Waals surface area (Å²) in [6.45, 7) is 3.77. The normalized spacial score (nSPS) is 16.8. The molecule has 150 valence electrons. The Morgan fingerprint density at radius 3 is 2.96 bits per heavy atom. The molecule has 2 aromatic rings. The largest absolute Gasteiger partial charge is 0.356 e. The van der Waals surface area contributed by atoms with Gasteiger partial charge in [-0.15, -0.1) is 11.3 Å². The molecule has 2 heterocycles. The second-order valence-electron chi connectivity index (χ2n) is 7.08. The zero-order chi connectivity index (χ0) is 19.9. The van der Waals surface area contributed by atoms with Gasteiger partial charge in [0.05, 0.1) is 17.1 Å². The zero-order valence-corrected chi connectivity index (χ0v) is 16.9. The van der Waals surface area contributed by atoms with Crippen molar-refractivity contribution in [2.45, 2.75) is 44.9 Å². The first kappa shape index (κ1) is 20.5. The van der Waals surface area contributed by atoms with Crippen LogP contribution in [0.1, 0.15) is 48.4 Å². The van der Waals surface area contributed by atoms with E-state index in [1.54, 1.807) is 29.5 Å². The first-order valence-corrected chi connectivity index (χ1v) is 10.7. The number of carbonyl (C=O) groups is 2. The van der Waals surface area contributed by atoms with Gasteiger partial charge in [-0.2, -0.15) is 0 Å². The molecule has 1 aromatic carbocycles. The predicted molar refractivity (Wildman–Crippen MR) is 108 cm³/mol. The van der Waals surface area contributed by atoms with Gasteiger partial charge < -0.3 is 10.2 Å². The highest BCUT2D eigenvalue weighted by atomic mass is 32.1. The van der Waals surface area contributed by atoms with E-state index in [1.807, 2.05) is 17.2 Å². The molecule has 3 rings (SSSR count). The molecule has 1 atom stereocenters. The van der Waals surface area contributed by atoms with Gasteiger partial charge in [0.25, 0.3) is 0 Å². The van der Waals surface area contributed by atoms with Crippen LogP contribution in [0.3, 0.4) is 0 Å². The minimum absolute atomic E-state index is 0.0335. The van der Waals surface area contributed by atoms with Crippen LogP contribution in [0, 0.1) is 5.82 Å². The maximum absolute atomic E-state index is 13.8. The third kappa shape index (κ3) is 5.38. The van der Waals surface area contributed by atoms with E-state index in [0.717, 1.165) is 23.5 Å². The molecule has 0 aliphatic carbocycles. The van der Waals surface area contributed by atoms with Crippen molar-refractivity contribution in [2.24, 2.45) is 0 Å². The average Bonchev–Trinajstić information content (AvgIpc) is 3.18. The SMILES string of the molecule is CCC(=O)NCCc1csc(C2CCCN(C(=O)Cc3ccccc3F)C2)n1. The van der Waals surface area contributed by atoms with E-state index >= 15 is 0 Å². The number of halogens is 1. The Labute approximate surface area is 169 Å². The van der Waals surface area contributed by atoms with Crippen molar-refractivity contribution < 1.29 is 14.0 Å². The number of hydrogen-bond acceptors (Lipinski definition) is 4. The molecule has 1 saturated heterocycles. The minimum atomic E-state index is -0.330. The number of nitrogens with one attached hydrogen (secondary N) is 1. The Kier molecular flexibility index (Phi) is 7.14. The minimum Gasteiger partial charge on any atom is -0.356 e. The van der Waals surface area contributed by atoms with E-state index in [1.165, 1.54) is 6.07 Å². The smallest absolute Gasteiger partial charge is 0.227 e. The molecule has 1 N–H and O–H groups in total. The Morgan fingerprint density at radius 1 is 1.36 bits per heavy atom. The molecular formula is C21H26FN3O2S. The fourth-order valence-corrected chi connectivity index (χ4v) is 4.38. The third-order valence-corrected chi connectivity index (χ3v) is 6.07. The standard InChI is InChI=1S/C21H26FN3O2S/c1-2-19(26)23-10-9-17-14-28-21(24-17)16-7-5-11-25(13-16)20(27)12-15-6-3-4-8-18(15)22/h3-4,6,8,14,16H,2,5,7,9-13H2,1H3,(H,23,26). The van der Waals surface area contributed by atoms with Gasteiger partial charge in [-0.05, 0) is 24.5 Å². The van der Waals surface area contributed by atoms with E-state index in [9.17, 15) is 14.0 Å². The van der Waals surface area contributed by atoms with Crippen LogP contribution in [0.4, 0.5) is 4.39 Å². The van der Waals surface area contributed by atoms with Crippen molar-refractivity contribution in [3.63, 3.8) is 0 Å². The van der Waals surface area contributed by atoms with Crippen LogP contribution in [0.5, 0.6) is 0 Å². The third-order valence-electron chi connectivity index (χ3n) is 5.02. The molecule has 1 aliphatic rings. The topological polar surface area (TPSA) is 62.3 Å². The maximum atomic E-state index is 13.8. The number of piperidine rings is 1. The molecule has 28 heavy (non-hydrogen) atoms. The van der Waals surface area contributed by atoms with E-state index in [4.69, 9.17) is 4.98 Å². The lowest BCUT2D eigenvalue weighted by Gasteiger charge is -2.32. The summed E-state index contributed by atoms with van der Waals surface area (Å²) in [6, 6.07) is 6.44. The van der Waals surface area contributed by atoms with Gasteiger partial charge in [0.15, 0.2) is 0 Å². The second kappa shape index (κ2) is 9.78. The molecule has 2 amide bonds. The number of benzene rings is 1. The summed E-state index contributed by atoms with van der Waals surface area (Å²) in [7, 11) is 0. The van der Waals surface area contributed by atoms with Crippen molar-refractivity contribution in [1.29, 1.82) is 0 Å². The molecule has 0 spiro atoms. The maximum Gasteiger partial charge on any atom is 0.227 e. The van der Waals surface area contributed by atoms with Crippen LogP contribution >= 0.6 is 11.3 Å². The van der Waals surface area contributed by atoms with Gasteiger partial charge in [-0.25, -0.2) is 9.37 Å². The highest BCUT2D eigenvalue weighted by molar-refractivity contribution is 7.09. The van der Waals surface area contributed by atoms with Gasteiger partial charge in [0.2, 0.25) is 11.8 Å². The summed E-state index contributed by atoms with van der Waals surface area (Å²) in [5.41, 5.74) is 1.42. The summed E-state index contributed by atoms with van der Waals surface area (Å²) in [4.78, 5) is 30.5. The summed E-state index contributed by atoms with van der Waals surface area (Å²) in [5.74, 6) is -0.0907. The van der Waals surface area contributed by atoms with Crippen LogP contribution in [-0.4, -0.2) is 41.3 Å². The molecule has 1 unspecified atom stereocenters. The predicted octanol–water partition coefficient (Wildman–Crippen LogP) is 3.30. The Balaban J connectivity index is 1.55. The van der Waals surface area contributed by atoms with Crippen LogP contribution in [0.15, 0.2) is 29.6 Å². The van der Waals surface area contributed by atoms with E-state index in [2.05, 4.69) is 5.32 Å². The quantitative estimate of drug-likeness (QED) is 0.772. The molecule has 7 heteroatoms. The highest BCUT2D eigenvalue weighted by Crippen LogP contribution is 2.29.